The first-order valence-corrected chi connectivity index (χ1v) is 5.78. The molecule has 0 bridgehead atoms. The van der Waals surface area contributed by atoms with Crippen LogP contribution >= 0.6 is 0 Å². The quantitative estimate of drug-likeness (QED) is 0.583. The van der Waals surface area contributed by atoms with Gasteiger partial charge in [-0.05, 0) is 13.8 Å². The molecule has 3 heterocycles. The Bertz CT molecular complexity index is 306. The van der Waals surface area contributed by atoms with Gasteiger partial charge in [-0.2, -0.15) is 4.21 Å². The monoisotopic (exact) mass is 236 g/mol. The Morgan fingerprint density at radius 2 is 2.00 bits per heavy atom. The summed E-state index contributed by atoms with van der Waals surface area (Å²) in [6.07, 6.45) is -1.53. The van der Waals surface area contributed by atoms with Crippen molar-refractivity contribution in [1.82, 2.24) is 0 Å². The third kappa shape index (κ3) is 1.63. The summed E-state index contributed by atoms with van der Waals surface area (Å²) in [6.45, 7) is 4.02. The summed E-state index contributed by atoms with van der Waals surface area (Å²) < 4.78 is 37.7. The lowest BCUT2D eigenvalue weighted by atomic mass is 10.1. The average Bonchev–Trinajstić information content (AvgIpc) is 2.62. The van der Waals surface area contributed by atoms with Crippen LogP contribution in [-0.4, -0.2) is 41.2 Å². The molecular formula is C8H12O6S. The highest BCUT2D eigenvalue weighted by atomic mass is 32.2. The highest BCUT2D eigenvalue weighted by Crippen LogP contribution is 2.38. The fraction of sp³-hybridized carbons (Fsp3) is 1.00. The van der Waals surface area contributed by atoms with Gasteiger partial charge in [0.1, 0.15) is 12.2 Å². The molecule has 0 amide bonds. The van der Waals surface area contributed by atoms with E-state index in [4.69, 9.17) is 22.6 Å². The summed E-state index contributed by atoms with van der Waals surface area (Å²) in [7, 11) is 0. The number of rotatable bonds is 0. The molecule has 3 rings (SSSR count). The van der Waals surface area contributed by atoms with Crippen LogP contribution < -0.4 is 0 Å². The van der Waals surface area contributed by atoms with E-state index in [1.807, 2.05) is 13.8 Å². The van der Waals surface area contributed by atoms with E-state index in [0.717, 1.165) is 0 Å². The molecule has 15 heavy (non-hydrogen) atoms. The molecule has 3 aliphatic heterocycles. The lowest BCUT2D eigenvalue weighted by molar-refractivity contribution is -0.177. The molecule has 5 atom stereocenters. The standard InChI is InChI=1S/C8H12O6S/c1-8(2)11-4-3-10-7-6(5(4)12-8)13-15(9)14-7/h4-7H,3H2,1-2H3/t4-,5-,6?,7?,15?/m0/s1. The predicted octanol–water partition coefficient (Wildman–Crippen LogP) is -0.143. The Morgan fingerprint density at radius 1 is 1.20 bits per heavy atom. The number of hydrogen-bond donors (Lipinski definition) is 0. The van der Waals surface area contributed by atoms with E-state index in [0.29, 0.717) is 6.61 Å². The molecule has 3 aliphatic rings. The van der Waals surface area contributed by atoms with Crippen molar-refractivity contribution in [3.8, 4) is 0 Å². The topological polar surface area (TPSA) is 63.2 Å². The van der Waals surface area contributed by atoms with E-state index in [2.05, 4.69) is 0 Å². The van der Waals surface area contributed by atoms with Crippen LogP contribution in [0.15, 0.2) is 0 Å². The van der Waals surface area contributed by atoms with Gasteiger partial charge in [0.15, 0.2) is 11.9 Å². The molecule has 0 spiro atoms. The molecule has 6 nitrogen and oxygen atoms in total. The summed E-state index contributed by atoms with van der Waals surface area (Å²) >= 11 is -1.74. The second-order valence-corrected chi connectivity index (χ2v) is 4.99. The SMILES string of the molecule is CC1(C)O[C@H]2COC3OS(=O)OC3[C@H]2O1. The van der Waals surface area contributed by atoms with Gasteiger partial charge in [0.2, 0.25) is 6.29 Å². The van der Waals surface area contributed by atoms with E-state index in [9.17, 15) is 4.21 Å². The average molecular weight is 236 g/mol. The maximum Gasteiger partial charge on any atom is 0.307 e. The largest absolute Gasteiger partial charge is 0.346 e. The molecule has 3 saturated heterocycles. The first kappa shape index (κ1) is 10.1. The van der Waals surface area contributed by atoms with Gasteiger partial charge in [-0.3, -0.25) is 4.18 Å². The molecule has 0 aromatic rings. The molecule has 3 fully saturated rings. The highest BCUT2D eigenvalue weighted by Gasteiger charge is 2.56. The molecular weight excluding hydrogens is 224 g/mol. The number of hydrogen-bond acceptors (Lipinski definition) is 6. The Balaban J connectivity index is 1.82. The van der Waals surface area contributed by atoms with Gasteiger partial charge >= 0.3 is 11.4 Å². The minimum absolute atomic E-state index is 0.181. The van der Waals surface area contributed by atoms with Crippen LogP contribution in [-0.2, 0) is 33.9 Å². The van der Waals surface area contributed by atoms with Gasteiger partial charge < -0.3 is 14.2 Å². The van der Waals surface area contributed by atoms with Gasteiger partial charge in [-0.1, -0.05) is 0 Å². The van der Waals surface area contributed by atoms with Crippen molar-refractivity contribution in [3.05, 3.63) is 0 Å². The van der Waals surface area contributed by atoms with Crippen LogP contribution in [0.2, 0.25) is 0 Å². The Kier molecular flexibility index (Phi) is 2.17. The van der Waals surface area contributed by atoms with Crippen molar-refractivity contribution in [1.29, 1.82) is 0 Å². The molecule has 0 aromatic carbocycles. The lowest BCUT2D eigenvalue weighted by Crippen LogP contribution is -2.49. The van der Waals surface area contributed by atoms with E-state index in [1.54, 1.807) is 0 Å². The van der Waals surface area contributed by atoms with Crippen molar-refractivity contribution in [3.63, 3.8) is 0 Å². The Labute approximate surface area is 89.6 Å². The molecule has 3 unspecified atom stereocenters. The minimum atomic E-state index is -1.74. The second kappa shape index (κ2) is 3.22. The summed E-state index contributed by atoms with van der Waals surface area (Å²) in [5.74, 6) is -0.652. The van der Waals surface area contributed by atoms with Crippen LogP contribution in [0.3, 0.4) is 0 Å². The normalized spacial score (nSPS) is 52.5. The van der Waals surface area contributed by atoms with Gasteiger partial charge in [0, 0.05) is 0 Å². The van der Waals surface area contributed by atoms with Crippen molar-refractivity contribution < 1.29 is 26.8 Å². The number of fused-ring (bicyclic) bond motifs is 3. The van der Waals surface area contributed by atoms with E-state index < -0.39 is 29.5 Å². The van der Waals surface area contributed by atoms with Crippen molar-refractivity contribution in [2.45, 2.75) is 44.2 Å². The van der Waals surface area contributed by atoms with E-state index in [1.165, 1.54) is 0 Å². The molecule has 0 saturated carbocycles. The second-order valence-electron chi connectivity index (χ2n) is 4.20. The fourth-order valence-corrected chi connectivity index (χ4v) is 2.83. The molecule has 86 valence electrons. The van der Waals surface area contributed by atoms with Gasteiger partial charge in [0.25, 0.3) is 0 Å². The van der Waals surface area contributed by atoms with Crippen LogP contribution in [0.5, 0.6) is 0 Å². The minimum Gasteiger partial charge on any atom is -0.346 e. The third-order valence-corrected chi connectivity index (χ3v) is 3.33. The molecule has 0 N–H and O–H groups in total. The Hall–Kier alpha value is -0.0500. The molecule has 0 aliphatic carbocycles. The van der Waals surface area contributed by atoms with Gasteiger partial charge in [0.05, 0.1) is 6.61 Å². The van der Waals surface area contributed by atoms with Gasteiger partial charge in [-0.15, -0.1) is 0 Å². The molecule has 0 aromatic heterocycles. The van der Waals surface area contributed by atoms with Gasteiger partial charge in [-0.25, -0.2) is 4.18 Å². The summed E-state index contributed by atoms with van der Waals surface area (Å²) in [5, 5.41) is 0. The molecule has 0 radical (unpaired) electrons. The molecule has 7 heteroatoms. The maximum absolute atomic E-state index is 11.0. The zero-order valence-corrected chi connectivity index (χ0v) is 9.19. The van der Waals surface area contributed by atoms with Crippen molar-refractivity contribution in [2.75, 3.05) is 6.61 Å². The first-order chi connectivity index (χ1) is 7.05. The third-order valence-electron chi connectivity index (χ3n) is 2.60. The zero-order valence-electron chi connectivity index (χ0n) is 8.37. The van der Waals surface area contributed by atoms with Crippen LogP contribution in [0.25, 0.3) is 0 Å². The smallest absolute Gasteiger partial charge is 0.307 e. The number of ether oxygens (including phenoxy) is 3. The Morgan fingerprint density at radius 3 is 2.80 bits per heavy atom. The lowest BCUT2D eigenvalue weighted by Gasteiger charge is -2.29. The summed E-state index contributed by atoms with van der Waals surface area (Å²) in [4.78, 5) is 0. The van der Waals surface area contributed by atoms with Crippen molar-refractivity contribution in [2.24, 2.45) is 0 Å². The van der Waals surface area contributed by atoms with Crippen LogP contribution in [0.4, 0.5) is 0 Å². The highest BCUT2D eigenvalue weighted by molar-refractivity contribution is 7.75. The van der Waals surface area contributed by atoms with Crippen molar-refractivity contribution >= 4 is 11.4 Å². The van der Waals surface area contributed by atoms with E-state index in [-0.39, 0.29) is 12.2 Å². The fourth-order valence-electron chi connectivity index (χ4n) is 2.08. The van der Waals surface area contributed by atoms with E-state index >= 15 is 0 Å². The zero-order chi connectivity index (χ0) is 10.6. The first-order valence-electron chi connectivity index (χ1n) is 4.78. The van der Waals surface area contributed by atoms with Crippen LogP contribution in [0.1, 0.15) is 13.8 Å². The summed E-state index contributed by atoms with van der Waals surface area (Å²) in [5.41, 5.74) is 0. The summed E-state index contributed by atoms with van der Waals surface area (Å²) in [6, 6.07) is 0. The van der Waals surface area contributed by atoms with Crippen LogP contribution in [0, 0.1) is 0 Å². The predicted molar refractivity (Wildman–Crippen MR) is 47.7 cm³/mol. The maximum atomic E-state index is 11.0.